The van der Waals surface area contributed by atoms with Crippen molar-refractivity contribution in [2.45, 2.75) is 38.1 Å². The van der Waals surface area contributed by atoms with E-state index < -0.39 is 23.9 Å². The second-order valence-electron chi connectivity index (χ2n) is 7.31. The highest BCUT2D eigenvalue weighted by molar-refractivity contribution is 5.99. The first-order chi connectivity index (χ1) is 14.3. The summed E-state index contributed by atoms with van der Waals surface area (Å²) in [7, 11) is 1.33. The highest BCUT2D eigenvalue weighted by Crippen LogP contribution is 2.38. The van der Waals surface area contributed by atoms with Crippen molar-refractivity contribution in [3.05, 3.63) is 53.6 Å². The summed E-state index contributed by atoms with van der Waals surface area (Å²) in [5.74, 6) is -2.48. The van der Waals surface area contributed by atoms with Crippen LogP contribution in [0.1, 0.15) is 36.8 Å². The number of carboxylic acid groups (broad SMARTS) is 1. The van der Waals surface area contributed by atoms with Crippen molar-refractivity contribution < 1.29 is 24.2 Å². The number of carbonyl (C=O) groups is 3. The minimum Gasteiger partial charge on any atom is -0.481 e. The molecule has 30 heavy (non-hydrogen) atoms. The number of carboxylic acids is 1. The number of nitrogens with zero attached hydrogens (tertiary/aromatic N) is 1. The van der Waals surface area contributed by atoms with Gasteiger partial charge in [-0.25, -0.2) is 4.79 Å². The van der Waals surface area contributed by atoms with Crippen LogP contribution in [0, 0.1) is 0 Å². The van der Waals surface area contributed by atoms with Crippen molar-refractivity contribution in [3.63, 3.8) is 0 Å². The molecule has 0 spiro atoms. The lowest BCUT2D eigenvalue weighted by Gasteiger charge is -2.35. The first-order valence-corrected chi connectivity index (χ1v) is 9.69. The SMILES string of the molecule is COC(=O)N1c2ccc(NC(=O)C[C@H](C(=O)O)c3ccccc3)c(N)c2CC[C@@H]1C. The van der Waals surface area contributed by atoms with Gasteiger partial charge in [0.15, 0.2) is 0 Å². The number of carbonyl (C=O) groups excluding carboxylic acids is 2. The predicted octanol–water partition coefficient (Wildman–Crippen LogP) is 3.37. The van der Waals surface area contributed by atoms with E-state index in [2.05, 4.69) is 5.32 Å². The molecule has 1 aliphatic heterocycles. The number of methoxy groups -OCH3 is 1. The molecule has 0 radical (unpaired) electrons. The Hall–Kier alpha value is -3.55. The van der Waals surface area contributed by atoms with E-state index in [1.165, 1.54) is 7.11 Å². The van der Waals surface area contributed by atoms with Gasteiger partial charge >= 0.3 is 12.1 Å². The molecule has 0 aromatic heterocycles. The molecule has 0 bridgehead atoms. The summed E-state index contributed by atoms with van der Waals surface area (Å²) in [5.41, 5.74) is 9.03. The fourth-order valence-electron chi connectivity index (χ4n) is 3.77. The molecule has 1 aliphatic rings. The third kappa shape index (κ3) is 4.22. The van der Waals surface area contributed by atoms with Crippen molar-refractivity contribution in [1.82, 2.24) is 0 Å². The van der Waals surface area contributed by atoms with E-state index in [-0.39, 0.29) is 12.5 Å². The van der Waals surface area contributed by atoms with E-state index in [0.717, 1.165) is 5.56 Å². The summed E-state index contributed by atoms with van der Waals surface area (Å²) in [4.78, 5) is 38.0. The van der Waals surface area contributed by atoms with Gasteiger partial charge in [0.1, 0.15) is 0 Å². The monoisotopic (exact) mass is 411 g/mol. The molecular formula is C22H25N3O5. The highest BCUT2D eigenvalue weighted by Gasteiger charge is 2.31. The van der Waals surface area contributed by atoms with Crippen molar-refractivity contribution in [2.75, 3.05) is 23.1 Å². The molecule has 0 saturated carbocycles. The molecule has 2 atom stereocenters. The number of anilines is 3. The molecule has 1 heterocycles. The molecule has 3 rings (SSSR count). The fourth-order valence-corrected chi connectivity index (χ4v) is 3.77. The van der Waals surface area contributed by atoms with Crippen LogP contribution in [0.3, 0.4) is 0 Å². The van der Waals surface area contributed by atoms with Crippen LogP contribution in [0.15, 0.2) is 42.5 Å². The quantitative estimate of drug-likeness (QED) is 0.649. The standard InChI is InChI=1S/C22H25N3O5/c1-13-8-9-15-18(25(13)22(29)30-2)11-10-17(20(15)23)24-19(26)12-16(21(27)28)14-6-4-3-5-7-14/h3-7,10-11,13,16H,8-9,12,23H2,1-2H3,(H,24,26)(H,27,28)/t13-,16-/m0/s1. The summed E-state index contributed by atoms with van der Waals surface area (Å²) in [5, 5.41) is 12.3. The Morgan fingerprint density at radius 1 is 1.23 bits per heavy atom. The van der Waals surface area contributed by atoms with Crippen LogP contribution in [-0.4, -0.2) is 36.2 Å². The van der Waals surface area contributed by atoms with Gasteiger partial charge in [-0.2, -0.15) is 0 Å². The molecular weight excluding hydrogens is 386 g/mol. The Bertz CT molecular complexity index is 961. The number of nitrogens with two attached hydrogens (primary N) is 1. The normalized spacial score (nSPS) is 16.3. The summed E-state index contributed by atoms with van der Waals surface area (Å²) < 4.78 is 4.88. The molecule has 2 amide bonds. The fraction of sp³-hybridized carbons (Fsp3) is 0.318. The van der Waals surface area contributed by atoms with Crippen LogP contribution in [0.4, 0.5) is 21.9 Å². The molecule has 0 fully saturated rings. The van der Waals surface area contributed by atoms with Crippen molar-refractivity contribution in [1.29, 1.82) is 0 Å². The van der Waals surface area contributed by atoms with Gasteiger partial charge in [-0.3, -0.25) is 14.5 Å². The minimum absolute atomic E-state index is 0.0352. The molecule has 0 aliphatic carbocycles. The zero-order chi connectivity index (χ0) is 21.8. The second kappa shape index (κ2) is 8.86. The van der Waals surface area contributed by atoms with Crippen LogP contribution in [0.2, 0.25) is 0 Å². The van der Waals surface area contributed by atoms with Crippen LogP contribution in [0.25, 0.3) is 0 Å². The molecule has 2 aromatic rings. The van der Waals surface area contributed by atoms with Gasteiger partial charge in [0.05, 0.1) is 30.1 Å². The topological polar surface area (TPSA) is 122 Å². The summed E-state index contributed by atoms with van der Waals surface area (Å²) in [6.45, 7) is 1.93. The van der Waals surface area contributed by atoms with Crippen molar-refractivity contribution in [2.24, 2.45) is 0 Å². The van der Waals surface area contributed by atoms with E-state index >= 15 is 0 Å². The van der Waals surface area contributed by atoms with Crippen LogP contribution in [0.5, 0.6) is 0 Å². The van der Waals surface area contributed by atoms with E-state index in [1.54, 1.807) is 47.4 Å². The third-order valence-electron chi connectivity index (χ3n) is 5.38. The number of hydrogen-bond donors (Lipinski definition) is 3. The van der Waals surface area contributed by atoms with Gasteiger partial charge in [0.25, 0.3) is 0 Å². The van der Waals surface area contributed by atoms with Crippen LogP contribution < -0.4 is 16.0 Å². The molecule has 2 aromatic carbocycles. The van der Waals surface area contributed by atoms with E-state index in [4.69, 9.17) is 10.5 Å². The Balaban J connectivity index is 1.81. The average Bonchev–Trinajstić information content (AvgIpc) is 2.73. The lowest BCUT2D eigenvalue weighted by atomic mass is 9.94. The van der Waals surface area contributed by atoms with Gasteiger partial charge in [-0.1, -0.05) is 30.3 Å². The van der Waals surface area contributed by atoms with Gasteiger partial charge in [-0.05, 0) is 37.5 Å². The number of fused-ring (bicyclic) bond motifs is 1. The zero-order valence-electron chi connectivity index (χ0n) is 16.9. The third-order valence-corrected chi connectivity index (χ3v) is 5.38. The first-order valence-electron chi connectivity index (χ1n) is 9.69. The van der Waals surface area contributed by atoms with Gasteiger partial charge in [-0.15, -0.1) is 0 Å². The highest BCUT2D eigenvalue weighted by atomic mass is 16.5. The number of hydrogen-bond acceptors (Lipinski definition) is 5. The Morgan fingerprint density at radius 3 is 2.57 bits per heavy atom. The van der Waals surface area contributed by atoms with Gasteiger partial charge in [0.2, 0.25) is 5.91 Å². The molecule has 4 N–H and O–H groups in total. The number of nitrogen functional groups attached to an aromatic ring is 1. The molecule has 8 heteroatoms. The number of nitrogens with one attached hydrogen (secondary N) is 1. The van der Waals surface area contributed by atoms with Gasteiger partial charge in [0, 0.05) is 18.0 Å². The van der Waals surface area contributed by atoms with E-state index in [0.29, 0.717) is 35.5 Å². The minimum atomic E-state index is -1.07. The largest absolute Gasteiger partial charge is 0.481 e. The summed E-state index contributed by atoms with van der Waals surface area (Å²) >= 11 is 0. The molecule has 0 saturated heterocycles. The molecule has 8 nitrogen and oxygen atoms in total. The number of amides is 2. The average molecular weight is 411 g/mol. The van der Waals surface area contributed by atoms with Gasteiger partial charge < -0.3 is 20.9 Å². The van der Waals surface area contributed by atoms with Crippen LogP contribution >= 0.6 is 0 Å². The summed E-state index contributed by atoms with van der Waals surface area (Å²) in [6, 6.07) is 11.9. The van der Waals surface area contributed by atoms with Crippen molar-refractivity contribution in [3.8, 4) is 0 Å². The predicted molar refractivity (Wildman–Crippen MR) is 114 cm³/mol. The second-order valence-corrected chi connectivity index (χ2v) is 7.31. The Kier molecular flexibility index (Phi) is 6.25. The lowest BCUT2D eigenvalue weighted by Crippen LogP contribution is -2.42. The lowest BCUT2D eigenvalue weighted by molar-refractivity contribution is -0.140. The number of rotatable bonds is 5. The van der Waals surface area contributed by atoms with E-state index in [1.807, 2.05) is 6.92 Å². The maximum atomic E-state index is 12.6. The Morgan fingerprint density at radius 2 is 1.93 bits per heavy atom. The smallest absolute Gasteiger partial charge is 0.414 e. The number of benzene rings is 2. The first kappa shape index (κ1) is 21.2. The maximum absolute atomic E-state index is 12.6. The maximum Gasteiger partial charge on any atom is 0.414 e. The Labute approximate surface area is 174 Å². The number of aliphatic carboxylic acids is 1. The summed E-state index contributed by atoms with van der Waals surface area (Å²) in [6.07, 6.45) is 0.674. The van der Waals surface area contributed by atoms with Crippen molar-refractivity contribution >= 4 is 35.0 Å². The number of ether oxygens (including phenoxy) is 1. The molecule has 0 unspecified atom stereocenters. The zero-order valence-corrected chi connectivity index (χ0v) is 16.9. The van der Waals surface area contributed by atoms with Crippen LogP contribution in [-0.2, 0) is 20.7 Å². The van der Waals surface area contributed by atoms with E-state index in [9.17, 15) is 19.5 Å². The molecule has 158 valence electrons.